The van der Waals surface area contributed by atoms with E-state index < -0.39 is 0 Å². The lowest BCUT2D eigenvalue weighted by atomic mass is 10.2. The molecule has 0 aromatic heterocycles. The van der Waals surface area contributed by atoms with Gasteiger partial charge in [0.15, 0.2) is 0 Å². The number of hydrogen-bond donors (Lipinski definition) is 2. The van der Waals surface area contributed by atoms with Crippen molar-refractivity contribution in [2.45, 2.75) is 0 Å². The minimum absolute atomic E-state index is 0.831. The Bertz CT molecular complexity index is 1440. The monoisotopic (exact) mass is 526 g/mol. The summed E-state index contributed by atoms with van der Waals surface area (Å²) in [5.74, 6) is 1.66. The Hall–Kier alpha value is -5.36. The number of hydrogen-bond acceptors (Lipinski definition) is 6. The molecule has 0 aliphatic heterocycles. The molecule has 6 nitrogen and oxygen atoms in total. The largest absolute Gasteiger partial charge is 0.497 e. The fourth-order valence-electron chi connectivity index (χ4n) is 3.91. The van der Waals surface area contributed by atoms with Crippen molar-refractivity contribution in [3.05, 3.63) is 132 Å². The molecular weight excluding hydrogens is 496 g/mol. The van der Waals surface area contributed by atoms with Gasteiger partial charge in [-0.3, -0.25) is 9.98 Å². The van der Waals surface area contributed by atoms with Crippen molar-refractivity contribution in [3.63, 3.8) is 0 Å². The summed E-state index contributed by atoms with van der Waals surface area (Å²) in [7, 11) is 3.32. The maximum Gasteiger partial charge on any atom is 0.118 e. The van der Waals surface area contributed by atoms with Gasteiger partial charge in [-0.05, 0) is 132 Å². The molecule has 0 aliphatic carbocycles. The van der Waals surface area contributed by atoms with Crippen LogP contribution in [0.3, 0.4) is 0 Å². The molecule has 5 aromatic carbocycles. The van der Waals surface area contributed by atoms with Crippen LogP contribution in [0.1, 0.15) is 11.1 Å². The van der Waals surface area contributed by atoms with E-state index in [4.69, 9.17) is 9.47 Å². The summed E-state index contributed by atoms with van der Waals surface area (Å²) in [4.78, 5) is 9.11. The third-order valence-electron chi connectivity index (χ3n) is 6.15. The van der Waals surface area contributed by atoms with E-state index in [1.54, 1.807) is 14.2 Å². The Kier molecular flexibility index (Phi) is 8.49. The first-order valence-electron chi connectivity index (χ1n) is 12.9. The molecule has 0 aliphatic rings. The van der Waals surface area contributed by atoms with Gasteiger partial charge in [0.1, 0.15) is 11.5 Å². The molecule has 0 atom stereocenters. The van der Waals surface area contributed by atoms with Crippen LogP contribution in [-0.4, -0.2) is 26.6 Å². The second kappa shape index (κ2) is 12.9. The van der Waals surface area contributed by atoms with E-state index in [2.05, 4.69) is 20.6 Å². The average molecular weight is 527 g/mol. The molecular formula is C34H30N4O2. The highest BCUT2D eigenvalue weighted by Crippen LogP contribution is 2.25. The summed E-state index contributed by atoms with van der Waals surface area (Å²) < 4.78 is 10.4. The third-order valence-corrected chi connectivity index (χ3v) is 6.15. The molecule has 0 heterocycles. The first-order valence-corrected chi connectivity index (χ1v) is 12.9. The standard InChI is InChI=1S/C34H30N4O2/c1-39-33-19-3-25(4-20-33)23-35-27-7-11-29(12-8-27)37-31-15-17-32(18-16-31)38-30-13-9-28(10-14-30)36-24-26-5-21-34(40-2)22-6-26/h3-24,37-38H,1-2H3. The van der Waals surface area contributed by atoms with Gasteiger partial charge in [0.05, 0.1) is 25.6 Å². The van der Waals surface area contributed by atoms with Crippen molar-refractivity contribution in [1.29, 1.82) is 0 Å². The number of nitrogens with one attached hydrogen (secondary N) is 2. The minimum atomic E-state index is 0.831. The lowest BCUT2D eigenvalue weighted by Crippen LogP contribution is -1.92. The van der Waals surface area contributed by atoms with Crippen molar-refractivity contribution >= 4 is 46.6 Å². The van der Waals surface area contributed by atoms with Crippen LogP contribution in [0.25, 0.3) is 0 Å². The topological polar surface area (TPSA) is 67.2 Å². The molecule has 5 rings (SSSR count). The lowest BCUT2D eigenvalue weighted by Gasteiger charge is -2.10. The van der Waals surface area contributed by atoms with E-state index in [-0.39, 0.29) is 0 Å². The molecule has 2 N–H and O–H groups in total. The van der Waals surface area contributed by atoms with E-state index in [1.807, 2.05) is 134 Å². The SMILES string of the molecule is COc1ccc(C=Nc2ccc(Nc3ccc(Nc4ccc(N=Cc5ccc(OC)cc5)cc4)cc3)cc2)cc1. The summed E-state index contributed by atoms with van der Waals surface area (Å²) in [6.45, 7) is 0. The number of benzene rings is 5. The van der Waals surface area contributed by atoms with Gasteiger partial charge >= 0.3 is 0 Å². The van der Waals surface area contributed by atoms with Crippen LogP contribution in [0.15, 0.2) is 131 Å². The van der Waals surface area contributed by atoms with Gasteiger partial charge in [-0.25, -0.2) is 0 Å². The molecule has 5 aromatic rings. The molecule has 0 unspecified atom stereocenters. The van der Waals surface area contributed by atoms with E-state index >= 15 is 0 Å². The molecule has 6 heteroatoms. The average Bonchev–Trinajstić information content (AvgIpc) is 3.02. The van der Waals surface area contributed by atoms with Crippen LogP contribution < -0.4 is 20.1 Å². The van der Waals surface area contributed by atoms with Gasteiger partial charge in [0, 0.05) is 35.2 Å². The minimum Gasteiger partial charge on any atom is -0.497 e. The van der Waals surface area contributed by atoms with Gasteiger partial charge in [-0.2, -0.15) is 0 Å². The highest BCUT2D eigenvalue weighted by molar-refractivity contribution is 5.83. The lowest BCUT2D eigenvalue weighted by molar-refractivity contribution is 0.414. The summed E-state index contributed by atoms with van der Waals surface area (Å²) in [5, 5.41) is 6.87. The van der Waals surface area contributed by atoms with E-state index in [0.717, 1.165) is 56.8 Å². The smallest absolute Gasteiger partial charge is 0.118 e. The Labute approximate surface area is 234 Å². The van der Waals surface area contributed by atoms with Crippen molar-refractivity contribution in [2.24, 2.45) is 9.98 Å². The molecule has 0 spiro atoms. The van der Waals surface area contributed by atoms with Crippen LogP contribution in [0.2, 0.25) is 0 Å². The summed E-state index contributed by atoms with van der Waals surface area (Å²) in [6, 6.07) is 39.8. The summed E-state index contributed by atoms with van der Waals surface area (Å²) >= 11 is 0. The Morgan fingerprint density at radius 1 is 0.425 bits per heavy atom. The number of methoxy groups -OCH3 is 2. The van der Waals surface area contributed by atoms with Gasteiger partial charge in [-0.15, -0.1) is 0 Å². The zero-order valence-electron chi connectivity index (χ0n) is 22.4. The van der Waals surface area contributed by atoms with Gasteiger partial charge < -0.3 is 20.1 Å². The van der Waals surface area contributed by atoms with Crippen molar-refractivity contribution in [2.75, 3.05) is 24.9 Å². The van der Waals surface area contributed by atoms with Crippen molar-refractivity contribution in [1.82, 2.24) is 0 Å². The third kappa shape index (κ3) is 7.36. The van der Waals surface area contributed by atoms with Crippen LogP contribution in [0, 0.1) is 0 Å². The van der Waals surface area contributed by atoms with Crippen molar-refractivity contribution in [3.8, 4) is 11.5 Å². The predicted molar refractivity (Wildman–Crippen MR) is 166 cm³/mol. The van der Waals surface area contributed by atoms with Crippen LogP contribution >= 0.6 is 0 Å². The normalized spacial score (nSPS) is 11.1. The fourth-order valence-corrected chi connectivity index (χ4v) is 3.91. The zero-order chi connectivity index (χ0) is 27.6. The zero-order valence-corrected chi connectivity index (χ0v) is 22.4. The van der Waals surface area contributed by atoms with E-state index in [0.29, 0.717) is 0 Å². The van der Waals surface area contributed by atoms with E-state index in [1.165, 1.54) is 0 Å². The molecule has 0 amide bonds. The predicted octanol–water partition coefficient (Wildman–Crippen LogP) is 8.69. The Balaban J connectivity index is 1.13. The maximum atomic E-state index is 5.19. The molecule has 0 saturated carbocycles. The molecule has 40 heavy (non-hydrogen) atoms. The van der Waals surface area contributed by atoms with Crippen LogP contribution in [0.5, 0.6) is 11.5 Å². The Morgan fingerprint density at radius 3 is 1.02 bits per heavy atom. The molecule has 0 bridgehead atoms. The first-order chi connectivity index (χ1) is 19.7. The summed E-state index contributed by atoms with van der Waals surface area (Å²) in [6.07, 6.45) is 3.69. The highest BCUT2D eigenvalue weighted by Gasteiger charge is 1.99. The summed E-state index contributed by atoms with van der Waals surface area (Å²) in [5.41, 5.74) is 7.81. The van der Waals surface area contributed by atoms with Gasteiger partial charge in [-0.1, -0.05) is 0 Å². The van der Waals surface area contributed by atoms with Gasteiger partial charge in [0.25, 0.3) is 0 Å². The van der Waals surface area contributed by atoms with E-state index in [9.17, 15) is 0 Å². The number of nitrogens with zero attached hydrogens (tertiary/aromatic N) is 2. The molecule has 0 fully saturated rings. The fraction of sp³-hybridized carbons (Fsp3) is 0.0588. The molecule has 0 radical (unpaired) electrons. The van der Waals surface area contributed by atoms with Gasteiger partial charge in [0.2, 0.25) is 0 Å². The second-order valence-electron chi connectivity index (χ2n) is 8.98. The number of aliphatic imine (C=N–C) groups is 2. The molecule has 0 saturated heterocycles. The second-order valence-corrected chi connectivity index (χ2v) is 8.98. The van der Waals surface area contributed by atoms with Crippen molar-refractivity contribution < 1.29 is 9.47 Å². The molecule has 198 valence electrons. The van der Waals surface area contributed by atoms with Crippen LogP contribution in [-0.2, 0) is 0 Å². The number of ether oxygens (including phenoxy) is 2. The highest BCUT2D eigenvalue weighted by atomic mass is 16.5. The Morgan fingerprint density at radius 2 is 0.725 bits per heavy atom. The number of rotatable bonds is 10. The number of anilines is 4. The van der Waals surface area contributed by atoms with Crippen LogP contribution in [0.4, 0.5) is 34.1 Å². The quantitative estimate of drug-likeness (QED) is 0.179. The maximum absolute atomic E-state index is 5.19. The first kappa shape index (κ1) is 26.3.